The van der Waals surface area contributed by atoms with Crippen LogP contribution in [0.4, 0.5) is 16.2 Å². The van der Waals surface area contributed by atoms with Crippen LogP contribution in [-0.4, -0.2) is 73.9 Å². The maximum absolute atomic E-state index is 12.5. The highest BCUT2D eigenvalue weighted by Gasteiger charge is 2.25. The molecule has 2 rings (SSSR count). The molecule has 0 aromatic heterocycles. The summed E-state index contributed by atoms with van der Waals surface area (Å²) in [5, 5.41) is 12.4. The summed E-state index contributed by atoms with van der Waals surface area (Å²) in [5.41, 5.74) is 1.82. The van der Waals surface area contributed by atoms with Gasteiger partial charge in [0.15, 0.2) is 0 Å². The fourth-order valence-corrected chi connectivity index (χ4v) is 2.96. The highest BCUT2D eigenvalue weighted by Crippen LogP contribution is 2.24. The van der Waals surface area contributed by atoms with Crippen molar-refractivity contribution < 1.29 is 9.90 Å². The van der Waals surface area contributed by atoms with Crippen LogP contribution in [0.2, 0.25) is 0 Å². The number of hydrogen-bond acceptors (Lipinski definition) is 4. The van der Waals surface area contributed by atoms with Crippen LogP contribution in [0.1, 0.15) is 13.3 Å². The molecule has 1 fully saturated rings. The first-order valence-electron chi connectivity index (χ1n) is 8.24. The lowest BCUT2D eigenvalue weighted by molar-refractivity contribution is 0.0766. The van der Waals surface area contributed by atoms with Crippen molar-refractivity contribution in [1.82, 2.24) is 9.80 Å². The van der Waals surface area contributed by atoms with E-state index in [1.807, 2.05) is 48.2 Å². The largest absolute Gasteiger partial charge is 0.395 e. The first kappa shape index (κ1) is 17.6. The second-order valence-electron chi connectivity index (χ2n) is 6.11. The van der Waals surface area contributed by atoms with E-state index in [9.17, 15) is 9.90 Å². The third-order valence-electron chi connectivity index (χ3n) is 4.43. The Morgan fingerprint density at radius 2 is 1.91 bits per heavy atom. The fourth-order valence-electron chi connectivity index (χ4n) is 2.96. The van der Waals surface area contributed by atoms with Gasteiger partial charge in [-0.05, 0) is 18.6 Å². The summed E-state index contributed by atoms with van der Waals surface area (Å²) in [6.45, 7) is 5.25. The van der Waals surface area contributed by atoms with E-state index in [2.05, 4.69) is 17.1 Å². The van der Waals surface area contributed by atoms with Gasteiger partial charge in [0.1, 0.15) is 0 Å². The molecule has 2 amide bonds. The second-order valence-corrected chi connectivity index (χ2v) is 6.11. The Hall–Kier alpha value is -1.79. The van der Waals surface area contributed by atoms with Crippen molar-refractivity contribution in [3.05, 3.63) is 24.3 Å². The zero-order valence-corrected chi connectivity index (χ0v) is 14.3. The van der Waals surface area contributed by atoms with Crippen LogP contribution in [0.25, 0.3) is 0 Å². The summed E-state index contributed by atoms with van der Waals surface area (Å²) in [6, 6.07) is 7.94. The molecule has 1 heterocycles. The molecule has 6 heteroatoms. The second kappa shape index (κ2) is 8.17. The van der Waals surface area contributed by atoms with Gasteiger partial charge in [-0.25, -0.2) is 4.79 Å². The number of carbonyl (C=O) groups excluding carboxylic acids is 1. The molecule has 0 bridgehead atoms. The molecule has 1 aliphatic heterocycles. The summed E-state index contributed by atoms with van der Waals surface area (Å²) < 4.78 is 0. The van der Waals surface area contributed by atoms with E-state index in [0.717, 1.165) is 30.9 Å². The minimum absolute atomic E-state index is 0.0593. The van der Waals surface area contributed by atoms with Crippen molar-refractivity contribution in [2.45, 2.75) is 19.4 Å². The quantitative estimate of drug-likeness (QED) is 0.866. The Labute approximate surface area is 138 Å². The van der Waals surface area contributed by atoms with Crippen molar-refractivity contribution in [3.8, 4) is 0 Å². The molecule has 0 radical (unpaired) electrons. The lowest BCUT2D eigenvalue weighted by Crippen LogP contribution is -2.53. The highest BCUT2D eigenvalue weighted by atomic mass is 16.3. The van der Waals surface area contributed by atoms with E-state index >= 15 is 0 Å². The van der Waals surface area contributed by atoms with Crippen molar-refractivity contribution in [1.29, 1.82) is 0 Å². The van der Waals surface area contributed by atoms with Crippen molar-refractivity contribution >= 4 is 17.4 Å². The number of para-hydroxylation sites is 2. The molecule has 6 nitrogen and oxygen atoms in total. The topological polar surface area (TPSA) is 59.1 Å². The smallest absolute Gasteiger partial charge is 0.321 e. The monoisotopic (exact) mass is 320 g/mol. The zero-order chi connectivity index (χ0) is 16.8. The fraction of sp³-hybridized carbons (Fsp3) is 0.588. The standard InChI is InChI=1S/C17H28N4O2/c1-4-14(13-22)20-9-11-21(12-10-20)17(23)18-15-7-5-6-8-16(15)19(2)3/h5-8,14,22H,4,9-13H2,1-3H3,(H,18,23). The number of carbonyl (C=O) groups is 1. The molecule has 2 N–H and O–H groups in total. The summed E-state index contributed by atoms with van der Waals surface area (Å²) in [6.07, 6.45) is 0.929. The molecule has 1 unspecified atom stereocenters. The predicted molar refractivity (Wildman–Crippen MR) is 94.1 cm³/mol. The Morgan fingerprint density at radius 3 is 2.48 bits per heavy atom. The third kappa shape index (κ3) is 4.36. The molecule has 1 saturated heterocycles. The van der Waals surface area contributed by atoms with Crippen LogP contribution in [-0.2, 0) is 0 Å². The summed E-state index contributed by atoms with van der Waals surface area (Å²) in [4.78, 5) is 18.6. The lowest BCUT2D eigenvalue weighted by Gasteiger charge is -2.38. The Kier molecular flexibility index (Phi) is 6.24. The molecule has 1 aromatic rings. The van der Waals surface area contributed by atoms with Gasteiger partial charge >= 0.3 is 6.03 Å². The van der Waals surface area contributed by atoms with Gasteiger partial charge in [0.2, 0.25) is 0 Å². The van der Waals surface area contributed by atoms with Crippen LogP contribution in [0, 0.1) is 0 Å². The van der Waals surface area contributed by atoms with Gasteiger partial charge in [0.25, 0.3) is 0 Å². The number of anilines is 2. The van der Waals surface area contributed by atoms with E-state index in [0.29, 0.717) is 13.1 Å². The molecule has 1 atom stereocenters. The lowest BCUT2D eigenvalue weighted by atomic mass is 10.2. The van der Waals surface area contributed by atoms with Gasteiger partial charge < -0.3 is 20.2 Å². The highest BCUT2D eigenvalue weighted by molar-refractivity contribution is 5.93. The van der Waals surface area contributed by atoms with Crippen LogP contribution in [0.5, 0.6) is 0 Å². The van der Waals surface area contributed by atoms with Crippen molar-refractivity contribution in [2.24, 2.45) is 0 Å². The maximum Gasteiger partial charge on any atom is 0.321 e. The Balaban J connectivity index is 1.93. The molecule has 23 heavy (non-hydrogen) atoms. The van der Waals surface area contributed by atoms with E-state index < -0.39 is 0 Å². The van der Waals surface area contributed by atoms with E-state index in [1.54, 1.807) is 0 Å². The van der Waals surface area contributed by atoms with Crippen molar-refractivity contribution in [2.75, 3.05) is 57.1 Å². The average Bonchev–Trinajstić information content (AvgIpc) is 2.57. The number of rotatable bonds is 5. The van der Waals surface area contributed by atoms with Gasteiger partial charge in [-0.15, -0.1) is 0 Å². The van der Waals surface area contributed by atoms with E-state index in [1.165, 1.54) is 0 Å². The zero-order valence-electron chi connectivity index (χ0n) is 14.3. The average molecular weight is 320 g/mol. The van der Waals surface area contributed by atoms with Crippen LogP contribution in [0.15, 0.2) is 24.3 Å². The van der Waals surface area contributed by atoms with Gasteiger partial charge in [-0.3, -0.25) is 4.90 Å². The van der Waals surface area contributed by atoms with Crippen LogP contribution < -0.4 is 10.2 Å². The predicted octanol–water partition coefficient (Wildman–Crippen LogP) is 1.67. The molecular weight excluding hydrogens is 292 g/mol. The molecular formula is C17H28N4O2. The number of aliphatic hydroxyl groups is 1. The van der Waals surface area contributed by atoms with Crippen LogP contribution in [0.3, 0.4) is 0 Å². The minimum atomic E-state index is -0.0593. The molecule has 1 aliphatic rings. The number of hydrogen-bond donors (Lipinski definition) is 2. The number of aliphatic hydroxyl groups excluding tert-OH is 1. The number of piperazine rings is 1. The number of benzene rings is 1. The Bertz CT molecular complexity index is 509. The Morgan fingerprint density at radius 1 is 1.26 bits per heavy atom. The van der Waals surface area contributed by atoms with Gasteiger partial charge in [0.05, 0.1) is 18.0 Å². The minimum Gasteiger partial charge on any atom is -0.395 e. The summed E-state index contributed by atoms with van der Waals surface area (Å²) in [7, 11) is 3.92. The number of amides is 2. The maximum atomic E-state index is 12.5. The molecule has 0 aliphatic carbocycles. The first-order chi connectivity index (χ1) is 11.1. The molecule has 128 valence electrons. The summed E-state index contributed by atoms with van der Waals surface area (Å²) in [5.74, 6) is 0. The van der Waals surface area contributed by atoms with Crippen molar-refractivity contribution in [3.63, 3.8) is 0 Å². The first-order valence-corrected chi connectivity index (χ1v) is 8.24. The molecule has 1 aromatic carbocycles. The number of nitrogens with zero attached hydrogens (tertiary/aromatic N) is 3. The van der Waals surface area contributed by atoms with E-state index in [4.69, 9.17) is 0 Å². The van der Waals surface area contributed by atoms with Gasteiger partial charge in [-0.2, -0.15) is 0 Å². The van der Waals surface area contributed by atoms with E-state index in [-0.39, 0.29) is 18.7 Å². The normalized spacial score (nSPS) is 17.0. The van der Waals surface area contributed by atoms with Gasteiger partial charge in [0, 0.05) is 46.3 Å². The summed E-state index contributed by atoms with van der Waals surface area (Å²) >= 11 is 0. The van der Waals surface area contributed by atoms with Gasteiger partial charge in [-0.1, -0.05) is 19.1 Å². The van der Waals surface area contributed by atoms with Crippen LogP contribution >= 0.6 is 0 Å². The number of nitrogens with one attached hydrogen (secondary N) is 1. The molecule has 0 saturated carbocycles. The molecule has 0 spiro atoms. The third-order valence-corrected chi connectivity index (χ3v) is 4.43. The number of urea groups is 1. The SMILES string of the molecule is CCC(CO)N1CCN(C(=O)Nc2ccccc2N(C)C)CC1.